The van der Waals surface area contributed by atoms with E-state index in [0.29, 0.717) is 6.61 Å². The molecule has 0 spiro atoms. The third-order valence-electron chi connectivity index (χ3n) is 2.87. The van der Waals surface area contributed by atoms with E-state index in [1.807, 2.05) is 0 Å². The predicted octanol–water partition coefficient (Wildman–Crippen LogP) is 1.30. The number of methoxy groups -OCH3 is 1. The van der Waals surface area contributed by atoms with E-state index in [2.05, 4.69) is 0 Å². The quantitative estimate of drug-likeness (QED) is 0.595. The summed E-state index contributed by atoms with van der Waals surface area (Å²) in [7, 11) is 1.50. The number of carbonyl (C=O) groups excluding carboxylic acids is 3. The van der Waals surface area contributed by atoms with Gasteiger partial charge in [-0.2, -0.15) is 0 Å². The van der Waals surface area contributed by atoms with Crippen LogP contribution < -0.4 is 0 Å². The Morgan fingerprint density at radius 2 is 1.65 bits per heavy atom. The molecule has 0 bridgehead atoms. The number of hydrogen-bond acceptors (Lipinski definition) is 6. The first-order chi connectivity index (χ1) is 9.11. The van der Waals surface area contributed by atoms with Crippen molar-refractivity contribution in [3.63, 3.8) is 0 Å². The lowest BCUT2D eigenvalue weighted by atomic mass is 10.0. The predicted molar refractivity (Wildman–Crippen MR) is 72.4 cm³/mol. The minimum atomic E-state index is -1.11. The van der Waals surface area contributed by atoms with Crippen LogP contribution in [0.2, 0.25) is 0 Å². The Bertz CT molecular complexity index is 361. The maximum Gasteiger partial charge on any atom is 0.335 e. The molecule has 0 unspecified atom stereocenters. The van der Waals surface area contributed by atoms with Crippen LogP contribution in [-0.4, -0.2) is 49.1 Å². The molecule has 0 aliphatic rings. The summed E-state index contributed by atoms with van der Waals surface area (Å²) in [6.07, 6.45) is -1.55. The number of hydrogen-bond donors (Lipinski definition) is 0. The van der Waals surface area contributed by atoms with Crippen molar-refractivity contribution in [2.75, 3.05) is 13.7 Å². The second-order valence-corrected chi connectivity index (χ2v) is 5.13. The van der Waals surface area contributed by atoms with E-state index >= 15 is 0 Å². The highest BCUT2D eigenvalue weighted by Gasteiger charge is 2.33. The van der Waals surface area contributed by atoms with E-state index < -0.39 is 23.8 Å². The summed E-state index contributed by atoms with van der Waals surface area (Å²) in [6, 6.07) is 0. The molecule has 0 aromatic heterocycles. The Hall–Kier alpha value is -1.27. The molecule has 0 aromatic rings. The van der Waals surface area contributed by atoms with Gasteiger partial charge in [0.2, 0.25) is 0 Å². The highest BCUT2D eigenvalue weighted by atomic mass is 16.6. The van der Waals surface area contributed by atoms with Gasteiger partial charge in [0.15, 0.2) is 23.8 Å². The monoisotopic (exact) mass is 288 g/mol. The van der Waals surface area contributed by atoms with Crippen molar-refractivity contribution in [3.8, 4) is 0 Å². The first-order valence-electron chi connectivity index (χ1n) is 6.52. The zero-order valence-electron chi connectivity index (χ0n) is 13.0. The van der Waals surface area contributed by atoms with Crippen LogP contribution in [0.3, 0.4) is 0 Å². The van der Waals surface area contributed by atoms with Gasteiger partial charge in [0.05, 0.1) is 6.61 Å². The number of rotatable bonds is 9. The Morgan fingerprint density at radius 1 is 1.10 bits per heavy atom. The van der Waals surface area contributed by atoms with Crippen LogP contribution in [-0.2, 0) is 28.6 Å². The Balaban J connectivity index is 4.49. The van der Waals surface area contributed by atoms with Crippen LogP contribution in [0.1, 0.15) is 41.0 Å². The number of esters is 1. The number of ether oxygens (including phenoxy) is 3. The van der Waals surface area contributed by atoms with Gasteiger partial charge in [-0.25, -0.2) is 4.79 Å². The molecule has 0 saturated carbocycles. The van der Waals surface area contributed by atoms with Gasteiger partial charge in [0.25, 0.3) is 0 Å². The van der Waals surface area contributed by atoms with Crippen molar-refractivity contribution in [2.45, 2.75) is 58.8 Å². The third-order valence-corrected chi connectivity index (χ3v) is 2.87. The summed E-state index contributed by atoms with van der Waals surface area (Å²) in [6.45, 7) is 7.78. The largest absolute Gasteiger partial charge is 0.453 e. The minimum absolute atomic E-state index is 0.168. The lowest BCUT2D eigenvalue weighted by Gasteiger charge is -2.27. The summed E-state index contributed by atoms with van der Waals surface area (Å²) in [5.74, 6) is -1.08. The lowest BCUT2D eigenvalue weighted by molar-refractivity contribution is -0.175. The Kier molecular flexibility index (Phi) is 7.60. The first kappa shape index (κ1) is 18.7. The molecular formula is C14H24O6. The minimum Gasteiger partial charge on any atom is -0.453 e. The molecule has 0 heterocycles. The number of carbonyl (C=O) groups is 3. The fourth-order valence-corrected chi connectivity index (χ4v) is 1.40. The third kappa shape index (κ3) is 6.25. The van der Waals surface area contributed by atoms with E-state index in [4.69, 9.17) is 14.2 Å². The van der Waals surface area contributed by atoms with Gasteiger partial charge in [-0.1, -0.05) is 0 Å². The SMILES string of the molecule is COCCC(=O)C(C)(C)O[C@H](C)C(=O)O[C@H](C)C(C)=O. The summed E-state index contributed by atoms with van der Waals surface area (Å²) >= 11 is 0. The normalized spacial score (nSPS) is 14.5. The van der Waals surface area contributed by atoms with Crippen LogP contribution in [0.5, 0.6) is 0 Å². The molecule has 20 heavy (non-hydrogen) atoms. The van der Waals surface area contributed by atoms with E-state index in [9.17, 15) is 14.4 Å². The van der Waals surface area contributed by atoms with Gasteiger partial charge in [-0.3, -0.25) is 9.59 Å². The standard InChI is InChI=1S/C14H24O6/c1-9(15)10(2)19-13(17)11(3)20-14(4,5)12(16)7-8-18-6/h10-11H,7-8H2,1-6H3/t10-,11-/m1/s1. The second kappa shape index (κ2) is 8.11. The molecule has 0 aromatic carbocycles. The van der Waals surface area contributed by atoms with Crippen molar-refractivity contribution in [3.05, 3.63) is 0 Å². The molecule has 2 atom stereocenters. The second-order valence-electron chi connectivity index (χ2n) is 5.13. The molecule has 0 amide bonds. The van der Waals surface area contributed by atoms with Gasteiger partial charge in [-0.15, -0.1) is 0 Å². The molecular weight excluding hydrogens is 264 g/mol. The smallest absolute Gasteiger partial charge is 0.335 e. The van der Waals surface area contributed by atoms with Crippen molar-refractivity contribution in [2.24, 2.45) is 0 Å². The fourth-order valence-electron chi connectivity index (χ4n) is 1.40. The molecule has 116 valence electrons. The Morgan fingerprint density at radius 3 is 2.10 bits per heavy atom. The maximum atomic E-state index is 11.9. The number of Topliss-reactive ketones (excluding diaryl/α,β-unsaturated/α-hetero) is 2. The van der Waals surface area contributed by atoms with Crippen LogP contribution in [0.4, 0.5) is 0 Å². The molecule has 0 rings (SSSR count). The molecule has 0 N–H and O–H groups in total. The van der Waals surface area contributed by atoms with Gasteiger partial charge in [-0.05, 0) is 34.6 Å². The highest BCUT2D eigenvalue weighted by Crippen LogP contribution is 2.17. The van der Waals surface area contributed by atoms with Gasteiger partial charge < -0.3 is 14.2 Å². The zero-order valence-corrected chi connectivity index (χ0v) is 13.0. The lowest BCUT2D eigenvalue weighted by Crippen LogP contribution is -2.42. The summed E-state index contributed by atoms with van der Waals surface area (Å²) in [4.78, 5) is 34.7. The van der Waals surface area contributed by atoms with Gasteiger partial charge in [0, 0.05) is 13.5 Å². The molecule has 0 radical (unpaired) electrons. The molecule has 0 aliphatic carbocycles. The maximum absolute atomic E-state index is 11.9. The van der Waals surface area contributed by atoms with E-state index in [1.54, 1.807) is 13.8 Å². The van der Waals surface area contributed by atoms with Crippen LogP contribution in [0.15, 0.2) is 0 Å². The van der Waals surface area contributed by atoms with Crippen LogP contribution in [0.25, 0.3) is 0 Å². The summed E-state index contributed by atoms with van der Waals surface area (Å²) in [5.41, 5.74) is -1.11. The van der Waals surface area contributed by atoms with Crippen LogP contribution >= 0.6 is 0 Å². The summed E-state index contributed by atoms with van der Waals surface area (Å²) in [5, 5.41) is 0. The molecule has 0 saturated heterocycles. The van der Waals surface area contributed by atoms with E-state index in [-0.39, 0.29) is 18.0 Å². The highest BCUT2D eigenvalue weighted by molar-refractivity contribution is 5.87. The number of ketones is 2. The van der Waals surface area contributed by atoms with Crippen LogP contribution in [0, 0.1) is 0 Å². The van der Waals surface area contributed by atoms with Crippen molar-refractivity contribution in [1.82, 2.24) is 0 Å². The Labute approximate surface area is 119 Å². The van der Waals surface area contributed by atoms with Gasteiger partial charge >= 0.3 is 5.97 Å². The molecule has 0 aliphatic heterocycles. The topological polar surface area (TPSA) is 78.9 Å². The van der Waals surface area contributed by atoms with Crippen molar-refractivity contribution in [1.29, 1.82) is 0 Å². The van der Waals surface area contributed by atoms with E-state index in [1.165, 1.54) is 27.9 Å². The summed E-state index contributed by atoms with van der Waals surface area (Å²) < 4.78 is 15.2. The molecule has 6 nitrogen and oxygen atoms in total. The zero-order chi connectivity index (χ0) is 15.9. The first-order valence-corrected chi connectivity index (χ1v) is 6.52. The van der Waals surface area contributed by atoms with Crippen molar-refractivity contribution >= 4 is 17.5 Å². The van der Waals surface area contributed by atoms with E-state index in [0.717, 1.165) is 0 Å². The fraction of sp³-hybridized carbons (Fsp3) is 0.786. The van der Waals surface area contributed by atoms with Crippen molar-refractivity contribution < 1.29 is 28.6 Å². The molecule has 0 fully saturated rings. The average molecular weight is 288 g/mol. The van der Waals surface area contributed by atoms with Gasteiger partial charge in [0.1, 0.15) is 5.60 Å². The average Bonchev–Trinajstić information content (AvgIpc) is 2.34. The molecule has 6 heteroatoms.